The third kappa shape index (κ3) is 7.24. The molecule has 0 aromatic carbocycles. The maximum Gasteiger partial charge on any atom is 0.260 e. The highest BCUT2D eigenvalue weighted by Gasteiger charge is 2.35. The van der Waals surface area contributed by atoms with E-state index in [2.05, 4.69) is 36.3 Å². The van der Waals surface area contributed by atoms with Gasteiger partial charge in [-0.25, -0.2) is 21.8 Å². The number of nitrogens with zero attached hydrogens (tertiary/aromatic N) is 6. The summed E-state index contributed by atoms with van der Waals surface area (Å²) in [5.74, 6) is 1.96. The van der Waals surface area contributed by atoms with E-state index >= 15 is 0 Å². The molecule has 4 aliphatic heterocycles. The molecule has 16 heteroatoms. The Hall–Kier alpha value is -1.75. The summed E-state index contributed by atoms with van der Waals surface area (Å²) in [5, 5.41) is 7.48. The van der Waals surface area contributed by atoms with Gasteiger partial charge in [0.1, 0.15) is 10.7 Å². The summed E-state index contributed by atoms with van der Waals surface area (Å²) in [6, 6.07) is 1.70. The second-order valence-corrected chi connectivity index (χ2v) is 17.4. The fourth-order valence-corrected chi connectivity index (χ4v) is 11.2. The summed E-state index contributed by atoms with van der Waals surface area (Å²) in [5.41, 5.74) is 0.445. The van der Waals surface area contributed by atoms with E-state index in [0.717, 1.165) is 76.8 Å². The van der Waals surface area contributed by atoms with Gasteiger partial charge in [0.05, 0.1) is 22.4 Å². The number of hydrogen-bond acceptors (Lipinski definition) is 10. The monoisotopic (exact) mass is 745 g/mol. The van der Waals surface area contributed by atoms with Crippen molar-refractivity contribution in [3.8, 4) is 0 Å². The van der Waals surface area contributed by atoms with Crippen LogP contribution in [0.15, 0.2) is 32.4 Å². The van der Waals surface area contributed by atoms with E-state index in [1.165, 1.54) is 16.8 Å². The number of fused-ring (bicyclic) bond motifs is 1. The van der Waals surface area contributed by atoms with E-state index < -0.39 is 20.0 Å². The second kappa shape index (κ2) is 14.2. The lowest BCUT2D eigenvalue weighted by Gasteiger charge is -2.34. The molecule has 0 bridgehead atoms. The zero-order valence-electron chi connectivity index (χ0n) is 25.3. The zero-order chi connectivity index (χ0) is 31.6. The van der Waals surface area contributed by atoms with Gasteiger partial charge in [-0.2, -0.15) is 8.61 Å². The van der Waals surface area contributed by atoms with Crippen LogP contribution in [0.5, 0.6) is 0 Å². The summed E-state index contributed by atoms with van der Waals surface area (Å²) in [4.78, 5) is 7.07. The molecule has 6 heterocycles. The molecule has 248 valence electrons. The Morgan fingerprint density at radius 1 is 0.911 bits per heavy atom. The van der Waals surface area contributed by atoms with E-state index in [-0.39, 0.29) is 16.5 Å². The Morgan fingerprint density at radius 2 is 1.60 bits per heavy atom. The number of hydrogen-bond donors (Lipinski definition) is 1. The van der Waals surface area contributed by atoms with E-state index in [4.69, 9.17) is 16.3 Å². The maximum absolute atomic E-state index is 13.5. The minimum absolute atomic E-state index is 0.0570. The first-order valence-corrected chi connectivity index (χ1v) is 19.9. The van der Waals surface area contributed by atoms with Crippen LogP contribution in [0.2, 0.25) is 0 Å². The van der Waals surface area contributed by atoms with Gasteiger partial charge < -0.3 is 14.7 Å². The molecule has 0 unspecified atom stereocenters. The molecule has 2 aromatic heterocycles. The van der Waals surface area contributed by atoms with Crippen molar-refractivity contribution in [2.24, 2.45) is 11.8 Å². The fraction of sp³-hybridized carbons (Fsp3) is 0.655. The van der Waals surface area contributed by atoms with Crippen LogP contribution in [0.1, 0.15) is 51.4 Å². The molecule has 45 heavy (non-hydrogen) atoms. The highest BCUT2D eigenvalue weighted by molar-refractivity contribution is 9.10. The number of halogens is 2. The van der Waals surface area contributed by atoms with Crippen molar-refractivity contribution >= 4 is 64.7 Å². The van der Waals surface area contributed by atoms with Crippen LogP contribution in [0.3, 0.4) is 0 Å². The molecule has 6 rings (SSSR count). The Morgan fingerprint density at radius 3 is 2.31 bits per heavy atom. The number of rotatable bonds is 9. The summed E-state index contributed by atoms with van der Waals surface area (Å²) in [6.07, 6.45) is 12.7. The van der Waals surface area contributed by atoms with E-state index in [1.807, 2.05) is 0 Å². The van der Waals surface area contributed by atoms with Gasteiger partial charge in [0, 0.05) is 63.8 Å². The summed E-state index contributed by atoms with van der Waals surface area (Å²) in [6.45, 7) is 5.46. The minimum atomic E-state index is -3.75. The molecule has 0 radical (unpaired) electrons. The highest BCUT2D eigenvalue weighted by atomic mass is 79.9. The third-order valence-corrected chi connectivity index (χ3v) is 14.3. The molecule has 2 aromatic rings. The zero-order valence-corrected chi connectivity index (χ0v) is 29.3. The quantitative estimate of drug-likeness (QED) is 0.382. The molecule has 12 nitrogen and oxygen atoms in total. The lowest BCUT2D eigenvalue weighted by molar-refractivity contribution is 0.253. The Balaban J connectivity index is 0.952. The molecule has 3 saturated heterocycles. The van der Waals surface area contributed by atoms with Crippen LogP contribution in [-0.2, 0) is 20.0 Å². The predicted molar refractivity (Wildman–Crippen MR) is 176 cm³/mol. The molecular weight excluding hydrogens is 706 g/mol. The van der Waals surface area contributed by atoms with Gasteiger partial charge in [0.15, 0.2) is 10.4 Å². The van der Waals surface area contributed by atoms with Crippen molar-refractivity contribution in [1.29, 1.82) is 0 Å². The lowest BCUT2D eigenvalue weighted by atomic mass is 9.87. The average molecular weight is 747 g/mol. The number of aromatic nitrogens is 2. The van der Waals surface area contributed by atoms with Crippen molar-refractivity contribution in [1.82, 2.24) is 28.5 Å². The highest BCUT2D eigenvalue weighted by Crippen LogP contribution is 2.33. The van der Waals surface area contributed by atoms with Gasteiger partial charge in [-0.3, -0.25) is 4.42 Å². The van der Waals surface area contributed by atoms with Crippen molar-refractivity contribution in [2.75, 3.05) is 63.8 Å². The van der Waals surface area contributed by atoms with Crippen LogP contribution in [0.4, 0.5) is 5.82 Å². The normalized spacial score (nSPS) is 21.9. The van der Waals surface area contributed by atoms with Crippen molar-refractivity contribution in [2.45, 2.75) is 56.3 Å². The fourth-order valence-electron chi connectivity index (χ4n) is 6.88. The lowest BCUT2D eigenvalue weighted by Crippen LogP contribution is -2.45. The van der Waals surface area contributed by atoms with E-state index in [0.29, 0.717) is 59.7 Å². The molecule has 4 aliphatic rings. The maximum atomic E-state index is 13.5. The topological polar surface area (TPSA) is 132 Å². The molecule has 0 aliphatic carbocycles. The summed E-state index contributed by atoms with van der Waals surface area (Å²) < 4.78 is 63.5. The number of sulfonamides is 2. The first-order valence-electron chi connectivity index (χ1n) is 15.8. The molecule has 0 atom stereocenters. The van der Waals surface area contributed by atoms with Crippen LogP contribution in [0.25, 0.3) is 11.1 Å². The molecule has 0 spiro atoms. The van der Waals surface area contributed by atoms with Gasteiger partial charge in [-0.05, 0) is 78.6 Å². The first-order chi connectivity index (χ1) is 21.6. The smallest absolute Gasteiger partial charge is 0.260 e. The largest absolute Gasteiger partial charge is 0.356 e. The van der Waals surface area contributed by atoms with Crippen LogP contribution < -0.4 is 20.9 Å². The van der Waals surface area contributed by atoms with Crippen molar-refractivity contribution in [3.05, 3.63) is 33.6 Å². The first kappa shape index (κ1) is 33.2. The second-order valence-electron chi connectivity index (χ2n) is 12.4. The molecule has 0 saturated carbocycles. The van der Waals surface area contributed by atoms with E-state index in [9.17, 15) is 16.8 Å². The van der Waals surface area contributed by atoms with Crippen LogP contribution in [0, 0.1) is 11.8 Å². The van der Waals surface area contributed by atoms with Crippen molar-refractivity contribution in [3.63, 3.8) is 0 Å². The standard InChI is InChI=1S/C29H41BrClN7O5S2/c30-26-19-24(44(39,40)36-12-2-10-32-11-18-36)20-33-28(26)35-13-5-22(6-14-35)3-1-4-23-7-15-37(16-8-23)45(41,42)29-25-21-34-43-27(25)9-17-38(29)31/h9,19-23,32H,1-8,10-18H2. The Bertz CT molecular complexity index is 1680. The van der Waals surface area contributed by atoms with Gasteiger partial charge >= 0.3 is 0 Å². The van der Waals surface area contributed by atoms with Gasteiger partial charge in [0.2, 0.25) is 10.0 Å². The summed E-state index contributed by atoms with van der Waals surface area (Å²) >= 11 is 9.91. The molecular formula is C29H41BrClN7O5S2. The van der Waals surface area contributed by atoms with Crippen LogP contribution in [-0.4, -0.2) is 98.9 Å². The predicted octanol–water partition coefficient (Wildman–Crippen LogP) is 2.26. The number of anilines is 1. The molecule has 1 N–H and O–H groups in total. The third-order valence-electron chi connectivity index (χ3n) is 9.52. The minimum Gasteiger partial charge on any atom is -0.356 e. The summed E-state index contributed by atoms with van der Waals surface area (Å²) in [7, 11) is -7.33. The Labute approximate surface area is 278 Å². The SMILES string of the molecule is O=S(=O)(C1=c2cnoc2=CCN1Cl)N1CCC(CCCC2CCN(c3ncc(S(=O)(=O)N4CCCNCC4)cc3Br)CC2)CC1. The number of pyridine rings is 1. The Kier molecular flexibility index (Phi) is 10.4. The van der Waals surface area contributed by atoms with E-state index in [1.54, 1.807) is 20.8 Å². The molecule has 0 amide bonds. The number of piperidine rings is 2. The van der Waals surface area contributed by atoms with Crippen molar-refractivity contribution < 1.29 is 21.4 Å². The van der Waals surface area contributed by atoms with Gasteiger partial charge in [-0.15, -0.1) is 0 Å². The van der Waals surface area contributed by atoms with Crippen LogP contribution >= 0.6 is 27.7 Å². The van der Waals surface area contributed by atoms with Gasteiger partial charge in [-0.1, -0.05) is 24.4 Å². The molecule has 3 fully saturated rings. The average Bonchev–Trinajstić information content (AvgIpc) is 3.32. The number of nitrogens with one attached hydrogen (secondary N) is 1. The van der Waals surface area contributed by atoms with Gasteiger partial charge in [0.25, 0.3) is 10.0 Å².